The summed E-state index contributed by atoms with van der Waals surface area (Å²) in [6.45, 7) is -0.237. The predicted molar refractivity (Wildman–Crippen MR) is 86.4 cm³/mol. The number of carbonyl (C=O) groups is 1. The molecule has 0 aromatic heterocycles. The largest absolute Gasteiger partial charge is 0.496 e. The first kappa shape index (κ1) is 17.3. The molecule has 1 fully saturated rings. The van der Waals surface area contributed by atoms with Gasteiger partial charge in [-0.15, -0.1) is 0 Å². The van der Waals surface area contributed by atoms with E-state index in [1.54, 1.807) is 20.2 Å². The monoisotopic (exact) mass is 340 g/mol. The van der Waals surface area contributed by atoms with Gasteiger partial charge in [0.2, 0.25) is 0 Å². The second-order valence-corrected chi connectivity index (χ2v) is 7.54. The van der Waals surface area contributed by atoms with Gasteiger partial charge >= 0.3 is 0 Å². The Labute approximate surface area is 135 Å². The molecule has 1 aliphatic rings. The normalized spacial score (nSPS) is 19.7. The van der Waals surface area contributed by atoms with E-state index in [1.807, 2.05) is 18.2 Å². The molecule has 1 aromatic rings. The topological polar surface area (TPSA) is 85.3 Å². The molecular formula is C15H20N2O5S. The van der Waals surface area contributed by atoms with Gasteiger partial charge in [0.1, 0.15) is 5.75 Å². The number of hydrogen-bond acceptors (Lipinski definition) is 6. The van der Waals surface area contributed by atoms with Crippen LogP contribution in [0.4, 0.5) is 0 Å². The third-order valence-electron chi connectivity index (χ3n) is 3.74. The lowest BCUT2D eigenvalue weighted by Crippen LogP contribution is -2.39. The van der Waals surface area contributed by atoms with Crippen molar-refractivity contribution in [2.75, 3.05) is 32.3 Å². The van der Waals surface area contributed by atoms with E-state index < -0.39 is 9.84 Å². The fourth-order valence-electron chi connectivity index (χ4n) is 2.35. The van der Waals surface area contributed by atoms with Crippen LogP contribution >= 0.6 is 0 Å². The summed E-state index contributed by atoms with van der Waals surface area (Å²) in [5.74, 6) is 0.491. The Kier molecular flexibility index (Phi) is 5.59. The summed E-state index contributed by atoms with van der Waals surface area (Å²) in [5.41, 5.74) is 0.734. The van der Waals surface area contributed by atoms with Gasteiger partial charge in [-0.3, -0.25) is 4.79 Å². The molecule has 0 spiro atoms. The van der Waals surface area contributed by atoms with E-state index in [1.165, 1.54) is 11.1 Å². The maximum atomic E-state index is 12.0. The first-order valence-electron chi connectivity index (χ1n) is 7.17. The van der Waals surface area contributed by atoms with Gasteiger partial charge in [-0.1, -0.05) is 17.3 Å². The third kappa shape index (κ3) is 4.69. The molecule has 0 saturated carbocycles. The summed E-state index contributed by atoms with van der Waals surface area (Å²) < 4.78 is 28.1. The third-order valence-corrected chi connectivity index (χ3v) is 5.49. The van der Waals surface area contributed by atoms with Crippen molar-refractivity contribution < 1.29 is 22.8 Å². The molecule has 1 amide bonds. The van der Waals surface area contributed by atoms with Gasteiger partial charge in [0.25, 0.3) is 5.91 Å². The van der Waals surface area contributed by atoms with Crippen LogP contribution in [0.2, 0.25) is 0 Å². The summed E-state index contributed by atoms with van der Waals surface area (Å²) in [6.07, 6.45) is 1.93. The first-order valence-corrected chi connectivity index (χ1v) is 8.99. The molecule has 1 atom stereocenters. The molecule has 7 nitrogen and oxygen atoms in total. The van der Waals surface area contributed by atoms with Crippen molar-refractivity contribution in [2.45, 2.75) is 12.5 Å². The predicted octanol–water partition coefficient (Wildman–Crippen LogP) is 0.691. The number of benzene rings is 1. The minimum Gasteiger partial charge on any atom is -0.496 e. The number of carbonyl (C=O) groups excluding carboxylic acids is 1. The van der Waals surface area contributed by atoms with Gasteiger partial charge in [-0.25, -0.2) is 8.42 Å². The number of likely N-dealkylation sites (N-methyl/N-ethyl adjacent to an activating group) is 1. The van der Waals surface area contributed by atoms with Crippen LogP contribution in [0.3, 0.4) is 0 Å². The number of oxime groups is 1. The van der Waals surface area contributed by atoms with Crippen LogP contribution in [0, 0.1) is 0 Å². The molecule has 0 unspecified atom stereocenters. The van der Waals surface area contributed by atoms with Gasteiger partial charge in [-0.2, -0.15) is 0 Å². The van der Waals surface area contributed by atoms with E-state index in [9.17, 15) is 13.2 Å². The van der Waals surface area contributed by atoms with Gasteiger partial charge in [0.05, 0.1) is 24.8 Å². The van der Waals surface area contributed by atoms with Gasteiger partial charge in [0, 0.05) is 18.7 Å². The zero-order valence-corrected chi connectivity index (χ0v) is 14.0. The molecule has 1 aliphatic heterocycles. The molecule has 2 rings (SSSR count). The van der Waals surface area contributed by atoms with Crippen LogP contribution in [-0.4, -0.2) is 63.8 Å². The lowest BCUT2D eigenvalue weighted by Gasteiger charge is -2.22. The van der Waals surface area contributed by atoms with Crippen LogP contribution in [0.1, 0.15) is 12.0 Å². The van der Waals surface area contributed by atoms with Crippen LogP contribution in [0.15, 0.2) is 29.4 Å². The Morgan fingerprint density at radius 2 is 2.17 bits per heavy atom. The summed E-state index contributed by atoms with van der Waals surface area (Å²) in [7, 11) is 0.121. The van der Waals surface area contributed by atoms with Gasteiger partial charge in [0.15, 0.2) is 16.4 Å². The second-order valence-electron chi connectivity index (χ2n) is 5.31. The zero-order chi connectivity index (χ0) is 16.9. The standard InChI is InChI=1S/C15H20N2O5S/c1-17(13-7-8-23(19,20)11-13)15(18)10-22-16-9-12-5-3-4-6-14(12)21-2/h3-6,9,13H,7-8,10-11H2,1-2H3/b16-9-/t13-/m0/s1. The van der Waals surface area contributed by atoms with E-state index in [4.69, 9.17) is 9.57 Å². The van der Waals surface area contributed by atoms with Crippen molar-refractivity contribution in [2.24, 2.45) is 5.16 Å². The van der Waals surface area contributed by atoms with Crippen molar-refractivity contribution in [3.05, 3.63) is 29.8 Å². The van der Waals surface area contributed by atoms with Crippen LogP contribution in [0.25, 0.3) is 0 Å². The molecular weight excluding hydrogens is 320 g/mol. The molecule has 1 saturated heterocycles. The SMILES string of the molecule is COc1ccccc1/C=N\OCC(=O)N(C)[C@H]1CCS(=O)(=O)C1. The summed E-state index contributed by atoms with van der Waals surface area (Å²) in [5, 5.41) is 3.76. The van der Waals surface area contributed by atoms with E-state index >= 15 is 0 Å². The van der Waals surface area contributed by atoms with Crippen LogP contribution < -0.4 is 4.74 Å². The number of rotatable bonds is 6. The number of hydrogen-bond donors (Lipinski definition) is 0. The van der Waals surface area contributed by atoms with Crippen molar-refractivity contribution in [3.8, 4) is 5.75 Å². The number of para-hydroxylation sites is 1. The van der Waals surface area contributed by atoms with E-state index in [0.29, 0.717) is 12.2 Å². The summed E-state index contributed by atoms with van der Waals surface area (Å²) >= 11 is 0. The highest BCUT2D eigenvalue weighted by Gasteiger charge is 2.32. The minimum atomic E-state index is -3.02. The Morgan fingerprint density at radius 3 is 2.83 bits per heavy atom. The fraction of sp³-hybridized carbons (Fsp3) is 0.467. The second kappa shape index (κ2) is 7.45. The molecule has 23 heavy (non-hydrogen) atoms. The average molecular weight is 340 g/mol. The molecule has 1 heterocycles. The Morgan fingerprint density at radius 1 is 1.43 bits per heavy atom. The maximum absolute atomic E-state index is 12.0. The highest BCUT2D eigenvalue weighted by molar-refractivity contribution is 7.91. The number of nitrogens with zero attached hydrogens (tertiary/aromatic N) is 2. The fourth-order valence-corrected chi connectivity index (χ4v) is 4.12. The van der Waals surface area contributed by atoms with Crippen molar-refractivity contribution >= 4 is 22.0 Å². The van der Waals surface area contributed by atoms with Crippen molar-refractivity contribution in [3.63, 3.8) is 0 Å². The molecule has 126 valence electrons. The Bertz CT molecular complexity index is 687. The van der Waals surface area contributed by atoms with Crippen molar-refractivity contribution in [1.29, 1.82) is 0 Å². The molecule has 8 heteroatoms. The van der Waals surface area contributed by atoms with Crippen molar-refractivity contribution in [1.82, 2.24) is 4.90 Å². The molecule has 1 aromatic carbocycles. The van der Waals surface area contributed by atoms with Crippen LogP contribution in [-0.2, 0) is 19.5 Å². The van der Waals surface area contributed by atoms with E-state index in [2.05, 4.69) is 5.16 Å². The van der Waals surface area contributed by atoms with E-state index in [0.717, 1.165) is 5.56 Å². The number of amides is 1. The molecule has 0 N–H and O–H groups in total. The van der Waals surface area contributed by atoms with Gasteiger partial charge < -0.3 is 14.5 Å². The smallest absolute Gasteiger partial charge is 0.263 e. The zero-order valence-electron chi connectivity index (χ0n) is 13.1. The summed E-state index contributed by atoms with van der Waals surface area (Å²) in [4.78, 5) is 18.4. The highest BCUT2D eigenvalue weighted by Crippen LogP contribution is 2.17. The minimum absolute atomic E-state index is 0.0136. The van der Waals surface area contributed by atoms with E-state index in [-0.39, 0.29) is 30.1 Å². The summed E-state index contributed by atoms with van der Waals surface area (Å²) in [6, 6.07) is 6.99. The Hall–Kier alpha value is -2.09. The molecule has 0 bridgehead atoms. The van der Waals surface area contributed by atoms with Gasteiger partial charge in [-0.05, 0) is 18.6 Å². The van der Waals surface area contributed by atoms with Crippen LogP contribution in [0.5, 0.6) is 5.75 Å². The number of ether oxygens (including phenoxy) is 1. The first-order chi connectivity index (χ1) is 10.9. The number of sulfone groups is 1. The lowest BCUT2D eigenvalue weighted by molar-refractivity contribution is -0.136. The molecule has 0 aliphatic carbocycles. The molecule has 0 radical (unpaired) electrons. The quantitative estimate of drug-likeness (QED) is 0.562. The maximum Gasteiger partial charge on any atom is 0.263 e. The average Bonchev–Trinajstić information content (AvgIpc) is 2.91. The lowest BCUT2D eigenvalue weighted by atomic mass is 10.2. The number of methoxy groups -OCH3 is 1. The highest BCUT2D eigenvalue weighted by atomic mass is 32.2. The Balaban J connectivity index is 1.84.